The predicted molar refractivity (Wildman–Crippen MR) is 165 cm³/mol. The molecule has 2 saturated heterocycles. The van der Waals surface area contributed by atoms with E-state index in [1.54, 1.807) is 6.26 Å². The molecule has 5 atom stereocenters. The minimum Gasteiger partial charge on any atom is -0.446 e. The number of aliphatic hydroxyl groups is 2. The normalized spacial score (nSPS) is 25.5. The van der Waals surface area contributed by atoms with Gasteiger partial charge in [0.05, 0.1) is 24.4 Å². The van der Waals surface area contributed by atoms with Crippen LogP contribution in [0.3, 0.4) is 0 Å². The lowest BCUT2D eigenvalue weighted by atomic mass is 9.91. The average molecular weight is 592 g/mol. The van der Waals surface area contributed by atoms with Gasteiger partial charge >= 0.3 is 0 Å². The molecular formula is C34H45NO6Si. The Balaban J connectivity index is 1.49. The summed E-state index contributed by atoms with van der Waals surface area (Å²) in [5, 5.41) is 21.4. The van der Waals surface area contributed by atoms with Gasteiger partial charge in [0.2, 0.25) is 5.89 Å². The number of ether oxygens (including phenoxy) is 2. The molecule has 0 spiro atoms. The summed E-state index contributed by atoms with van der Waals surface area (Å²) in [6.45, 7) is 11.0. The van der Waals surface area contributed by atoms with E-state index >= 15 is 0 Å². The van der Waals surface area contributed by atoms with Crippen LogP contribution in [-0.4, -0.2) is 54.5 Å². The largest absolute Gasteiger partial charge is 0.446 e. The average Bonchev–Trinajstić information content (AvgIpc) is 3.46. The highest BCUT2D eigenvalue weighted by Gasteiger charge is 2.52. The summed E-state index contributed by atoms with van der Waals surface area (Å²) < 4.78 is 26.1. The number of benzene rings is 2. The highest BCUT2D eigenvalue weighted by atomic mass is 28.4. The van der Waals surface area contributed by atoms with Crippen molar-refractivity contribution in [2.45, 2.75) is 101 Å². The number of aromatic nitrogens is 1. The third-order valence-electron chi connectivity index (χ3n) is 8.55. The maximum Gasteiger partial charge on any atom is 0.261 e. The first-order chi connectivity index (χ1) is 20.2. The van der Waals surface area contributed by atoms with Crippen LogP contribution in [0.5, 0.6) is 0 Å². The molecule has 2 aromatic carbocycles. The second kappa shape index (κ2) is 13.4. The van der Waals surface area contributed by atoms with E-state index in [2.05, 4.69) is 93.0 Å². The zero-order valence-corrected chi connectivity index (χ0v) is 26.1. The Morgan fingerprint density at radius 2 is 1.55 bits per heavy atom. The number of aliphatic hydroxyl groups excluding tert-OH is 2. The second-order valence-corrected chi connectivity index (χ2v) is 17.0. The van der Waals surface area contributed by atoms with E-state index in [1.807, 2.05) is 0 Å². The third kappa shape index (κ3) is 6.80. The van der Waals surface area contributed by atoms with Crippen molar-refractivity contribution in [3.05, 3.63) is 90.7 Å². The van der Waals surface area contributed by atoms with Gasteiger partial charge in [-0.15, -0.1) is 0 Å². The molecule has 3 aromatic rings. The van der Waals surface area contributed by atoms with Crippen molar-refractivity contribution in [3.8, 4) is 0 Å². The van der Waals surface area contributed by atoms with Crippen LogP contribution in [0.15, 0.2) is 83.5 Å². The summed E-state index contributed by atoms with van der Waals surface area (Å²) in [6, 6.07) is 21.4. The van der Waals surface area contributed by atoms with Crippen LogP contribution in [0.1, 0.15) is 77.0 Å². The lowest BCUT2D eigenvalue weighted by molar-refractivity contribution is -0.126. The van der Waals surface area contributed by atoms with Crippen LogP contribution in [0.2, 0.25) is 5.04 Å². The molecule has 3 heterocycles. The Hall–Kier alpha value is -2.59. The zero-order chi connectivity index (χ0) is 29.7. The fourth-order valence-electron chi connectivity index (χ4n) is 6.74. The van der Waals surface area contributed by atoms with Crippen LogP contribution in [0.25, 0.3) is 0 Å². The van der Waals surface area contributed by atoms with Crippen LogP contribution in [0, 0.1) is 0 Å². The van der Waals surface area contributed by atoms with Crippen molar-refractivity contribution in [2.75, 3.05) is 6.61 Å². The van der Waals surface area contributed by atoms with Gasteiger partial charge in [-0.2, -0.15) is 0 Å². The molecule has 2 aliphatic rings. The fourth-order valence-corrected chi connectivity index (χ4v) is 11.4. The standard InChI is InChI=1S/C34H45NO6Si/c1-24-17-25(15-16-36)39-26(18-24)19-27-20-28(21-32(40-27)31-23-38-33(22-37)35-31)41-42(34(2,3)4,29-11-7-5-8-12-29)30-13-9-6-10-14-30/h5-14,23,25-28,32,36-37H,1,15-22H2,2-4H3/t25-,26+,27+,28+,32+/m0/s1. The van der Waals surface area contributed by atoms with Gasteiger partial charge in [-0.25, -0.2) is 4.98 Å². The molecule has 8 heteroatoms. The van der Waals surface area contributed by atoms with Gasteiger partial charge in [0, 0.05) is 19.4 Å². The maximum atomic E-state index is 9.60. The van der Waals surface area contributed by atoms with Gasteiger partial charge in [0.1, 0.15) is 24.7 Å². The van der Waals surface area contributed by atoms with Crippen LogP contribution in [-0.2, 0) is 20.5 Å². The second-order valence-electron chi connectivity index (χ2n) is 12.7. The van der Waals surface area contributed by atoms with Gasteiger partial charge in [0.15, 0.2) is 0 Å². The maximum absolute atomic E-state index is 9.60. The van der Waals surface area contributed by atoms with Crippen LogP contribution in [0.4, 0.5) is 0 Å². The first kappa shape index (κ1) is 30.9. The fraction of sp³-hybridized carbons (Fsp3) is 0.500. The van der Waals surface area contributed by atoms with Crippen molar-refractivity contribution in [3.63, 3.8) is 0 Å². The van der Waals surface area contributed by atoms with Gasteiger partial charge < -0.3 is 28.5 Å². The van der Waals surface area contributed by atoms with Crippen molar-refractivity contribution >= 4 is 18.7 Å². The van der Waals surface area contributed by atoms with E-state index in [0.717, 1.165) is 24.8 Å². The quantitative estimate of drug-likeness (QED) is 0.247. The molecule has 2 fully saturated rings. The van der Waals surface area contributed by atoms with E-state index < -0.39 is 8.32 Å². The monoisotopic (exact) mass is 591 g/mol. The highest BCUT2D eigenvalue weighted by Crippen LogP contribution is 2.42. The summed E-state index contributed by atoms with van der Waals surface area (Å²) in [7, 11) is -2.80. The minimum atomic E-state index is -2.80. The third-order valence-corrected chi connectivity index (χ3v) is 13.6. The van der Waals surface area contributed by atoms with Crippen molar-refractivity contribution < 1.29 is 28.5 Å². The van der Waals surface area contributed by atoms with Gasteiger partial charge in [-0.05, 0) is 41.1 Å². The SMILES string of the molecule is C=C1C[C@H](C[C@@H]2C[C@@H](O[Si](c3ccccc3)(c3ccccc3)C(C)(C)C)C[C@H](c3coc(CO)n3)O2)O[C@@H](CCO)C1. The Labute approximate surface area is 250 Å². The van der Waals surface area contributed by atoms with Crippen molar-refractivity contribution in [2.24, 2.45) is 0 Å². The van der Waals surface area contributed by atoms with E-state index in [4.69, 9.17) is 18.3 Å². The summed E-state index contributed by atoms with van der Waals surface area (Å²) in [5.74, 6) is 0.277. The number of oxazole rings is 1. The number of rotatable bonds is 10. The molecule has 42 heavy (non-hydrogen) atoms. The molecule has 0 aliphatic carbocycles. The molecular weight excluding hydrogens is 546 g/mol. The van der Waals surface area contributed by atoms with Gasteiger partial charge in [-0.1, -0.05) is 93.6 Å². The molecule has 0 saturated carbocycles. The first-order valence-corrected chi connectivity index (χ1v) is 17.0. The highest BCUT2D eigenvalue weighted by molar-refractivity contribution is 6.99. The topological polar surface area (TPSA) is 94.2 Å². The van der Waals surface area contributed by atoms with Crippen LogP contribution < -0.4 is 10.4 Å². The van der Waals surface area contributed by atoms with Gasteiger partial charge in [0.25, 0.3) is 8.32 Å². The first-order valence-electron chi connectivity index (χ1n) is 15.1. The molecule has 0 amide bonds. The molecule has 1 aromatic heterocycles. The molecule has 7 nitrogen and oxygen atoms in total. The summed E-state index contributed by atoms with van der Waals surface area (Å²) >= 11 is 0. The number of hydrogen-bond donors (Lipinski definition) is 2. The zero-order valence-electron chi connectivity index (χ0n) is 25.1. The van der Waals surface area contributed by atoms with Gasteiger partial charge in [-0.3, -0.25) is 0 Å². The summed E-state index contributed by atoms with van der Waals surface area (Å²) in [4.78, 5) is 4.52. The predicted octanol–water partition coefficient (Wildman–Crippen LogP) is 5.21. The number of nitrogens with zero attached hydrogens (tertiary/aromatic N) is 1. The summed E-state index contributed by atoms with van der Waals surface area (Å²) in [5.41, 5.74) is 1.83. The lowest BCUT2D eigenvalue weighted by Crippen LogP contribution is -2.68. The molecule has 5 rings (SSSR count). The minimum absolute atomic E-state index is 0.0209. The summed E-state index contributed by atoms with van der Waals surface area (Å²) in [6.07, 6.45) is 5.19. The molecule has 0 bridgehead atoms. The Bertz CT molecular complexity index is 1250. The molecule has 0 unspecified atom stereocenters. The van der Waals surface area contributed by atoms with Crippen LogP contribution >= 0.6 is 0 Å². The molecule has 2 N–H and O–H groups in total. The lowest BCUT2D eigenvalue weighted by Gasteiger charge is -2.47. The Morgan fingerprint density at radius 1 is 0.905 bits per heavy atom. The molecule has 226 valence electrons. The molecule has 2 aliphatic heterocycles. The Morgan fingerprint density at radius 3 is 2.12 bits per heavy atom. The van der Waals surface area contributed by atoms with E-state index in [-0.39, 0.29) is 54.7 Å². The van der Waals surface area contributed by atoms with Crippen molar-refractivity contribution in [1.82, 2.24) is 4.98 Å². The molecule has 0 radical (unpaired) electrons. The smallest absolute Gasteiger partial charge is 0.261 e. The Kier molecular flexibility index (Phi) is 9.82. The van der Waals surface area contributed by atoms with E-state index in [0.29, 0.717) is 25.0 Å². The number of hydrogen-bond acceptors (Lipinski definition) is 7. The van der Waals surface area contributed by atoms with E-state index in [9.17, 15) is 10.2 Å². The van der Waals surface area contributed by atoms with E-state index in [1.165, 1.54) is 10.4 Å². The van der Waals surface area contributed by atoms with Crippen molar-refractivity contribution in [1.29, 1.82) is 0 Å².